The number of amides is 2. The molecular weight excluding hydrogens is 284 g/mol. The van der Waals surface area contributed by atoms with Crippen LogP contribution in [0.15, 0.2) is 11.4 Å². The molecule has 1 aromatic rings. The van der Waals surface area contributed by atoms with Crippen molar-refractivity contribution in [2.45, 2.75) is 64.1 Å². The third kappa shape index (κ3) is 2.37. The van der Waals surface area contributed by atoms with Crippen molar-refractivity contribution in [3.05, 3.63) is 21.9 Å². The fourth-order valence-electron chi connectivity index (χ4n) is 3.49. The van der Waals surface area contributed by atoms with Crippen molar-refractivity contribution in [3.8, 4) is 0 Å². The van der Waals surface area contributed by atoms with Crippen LogP contribution in [0.3, 0.4) is 0 Å². The molecule has 1 saturated carbocycles. The Bertz CT molecular complexity index is 560. The molecule has 2 fully saturated rings. The van der Waals surface area contributed by atoms with Gasteiger partial charge in [-0.15, -0.1) is 11.3 Å². The number of aryl methyl sites for hydroxylation is 1. The lowest BCUT2D eigenvalue weighted by Crippen LogP contribution is -2.68. The van der Waals surface area contributed by atoms with Crippen LogP contribution in [0.25, 0.3) is 0 Å². The van der Waals surface area contributed by atoms with E-state index in [1.165, 1.54) is 10.4 Å². The number of thiophene rings is 1. The highest BCUT2D eigenvalue weighted by molar-refractivity contribution is 7.10. The monoisotopic (exact) mass is 306 g/mol. The minimum atomic E-state index is -0.618. The summed E-state index contributed by atoms with van der Waals surface area (Å²) in [5.74, 6) is 0.105. The summed E-state index contributed by atoms with van der Waals surface area (Å²) >= 11 is 1.68. The molecule has 3 rings (SSSR count). The molecule has 1 spiro atoms. The number of hydrogen-bond acceptors (Lipinski definition) is 3. The maximum Gasteiger partial charge on any atom is 0.249 e. The lowest BCUT2D eigenvalue weighted by atomic mass is 9.91. The summed E-state index contributed by atoms with van der Waals surface area (Å²) in [6.07, 6.45) is 4.57. The molecular formula is C16H22N2O2S. The number of piperazine rings is 1. The Kier molecular flexibility index (Phi) is 3.78. The van der Waals surface area contributed by atoms with Gasteiger partial charge in [-0.25, -0.2) is 0 Å². The van der Waals surface area contributed by atoms with Crippen molar-refractivity contribution < 1.29 is 9.59 Å². The maximum atomic E-state index is 12.9. The molecule has 1 aliphatic carbocycles. The minimum absolute atomic E-state index is 0.00824. The van der Waals surface area contributed by atoms with E-state index in [-0.39, 0.29) is 17.9 Å². The molecule has 114 valence electrons. The molecule has 2 heterocycles. The first-order valence-corrected chi connectivity index (χ1v) is 8.64. The fraction of sp³-hybridized carbons (Fsp3) is 0.625. The predicted molar refractivity (Wildman–Crippen MR) is 83.1 cm³/mol. The SMILES string of the molecule is CCc1ccsc1CN1C(=O)C2(CCCC2)NC(=O)C1C. The lowest BCUT2D eigenvalue weighted by molar-refractivity contribution is -0.154. The van der Waals surface area contributed by atoms with Gasteiger partial charge in [-0.2, -0.15) is 0 Å². The third-order valence-electron chi connectivity index (χ3n) is 4.87. The quantitative estimate of drug-likeness (QED) is 0.932. The first-order valence-electron chi connectivity index (χ1n) is 7.76. The highest BCUT2D eigenvalue weighted by Crippen LogP contribution is 2.35. The Morgan fingerprint density at radius 2 is 2.10 bits per heavy atom. The van der Waals surface area contributed by atoms with Crippen LogP contribution in [0.2, 0.25) is 0 Å². The second kappa shape index (κ2) is 5.44. The number of nitrogens with one attached hydrogen (secondary N) is 1. The summed E-state index contributed by atoms with van der Waals surface area (Å²) in [6.45, 7) is 4.52. The highest BCUT2D eigenvalue weighted by atomic mass is 32.1. The van der Waals surface area contributed by atoms with Gasteiger partial charge in [-0.3, -0.25) is 9.59 Å². The Labute approximate surface area is 129 Å². The van der Waals surface area contributed by atoms with Crippen molar-refractivity contribution in [2.75, 3.05) is 0 Å². The average molecular weight is 306 g/mol. The van der Waals surface area contributed by atoms with Crippen LogP contribution < -0.4 is 5.32 Å². The summed E-state index contributed by atoms with van der Waals surface area (Å²) in [5.41, 5.74) is 0.666. The van der Waals surface area contributed by atoms with E-state index in [0.717, 1.165) is 32.1 Å². The molecule has 1 aliphatic heterocycles. The number of nitrogens with zero attached hydrogens (tertiary/aromatic N) is 1. The van der Waals surface area contributed by atoms with Crippen molar-refractivity contribution in [2.24, 2.45) is 0 Å². The molecule has 5 heteroatoms. The molecule has 2 aliphatic rings. The van der Waals surface area contributed by atoms with Gasteiger partial charge in [0.1, 0.15) is 11.6 Å². The van der Waals surface area contributed by atoms with Crippen LogP contribution in [-0.4, -0.2) is 28.3 Å². The number of carbonyl (C=O) groups is 2. The number of hydrogen-bond donors (Lipinski definition) is 1. The normalized spacial score (nSPS) is 24.7. The minimum Gasteiger partial charge on any atom is -0.340 e. The average Bonchev–Trinajstić information content (AvgIpc) is 3.11. The van der Waals surface area contributed by atoms with Gasteiger partial charge in [-0.1, -0.05) is 19.8 Å². The topological polar surface area (TPSA) is 49.4 Å². The third-order valence-corrected chi connectivity index (χ3v) is 5.82. The summed E-state index contributed by atoms with van der Waals surface area (Å²) in [7, 11) is 0. The molecule has 1 unspecified atom stereocenters. The lowest BCUT2D eigenvalue weighted by Gasteiger charge is -2.43. The van der Waals surface area contributed by atoms with E-state index in [1.807, 2.05) is 6.92 Å². The molecule has 0 radical (unpaired) electrons. The Morgan fingerprint density at radius 3 is 2.76 bits per heavy atom. The summed E-state index contributed by atoms with van der Waals surface area (Å²) < 4.78 is 0. The molecule has 0 bridgehead atoms. The van der Waals surface area contributed by atoms with Crippen LogP contribution in [0, 0.1) is 0 Å². The molecule has 21 heavy (non-hydrogen) atoms. The van der Waals surface area contributed by atoms with Crippen molar-refractivity contribution in [3.63, 3.8) is 0 Å². The molecule has 1 atom stereocenters. The van der Waals surface area contributed by atoms with E-state index in [1.54, 1.807) is 16.2 Å². The first-order chi connectivity index (χ1) is 10.1. The zero-order valence-electron chi connectivity index (χ0n) is 12.6. The van der Waals surface area contributed by atoms with E-state index in [2.05, 4.69) is 23.7 Å². The van der Waals surface area contributed by atoms with Gasteiger partial charge in [0.15, 0.2) is 0 Å². The highest BCUT2D eigenvalue weighted by Gasteiger charge is 2.50. The molecule has 0 aromatic carbocycles. The Morgan fingerprint density at radius 1 is 1.38 bits per heavy atom. The summed E-state index contributed by atoms with van der Waals surface area (Å²) in [4.78, 5) is 28.2. The second-order valence-electron chi connectivity index (χ2n) is 6.11. The van der Waals surface area contributed by atoms with Gasteiger partial charge in [0, 0.05) is 4.88 Å². The van der Waals surface area contributed by atoms with Crippen LogP contribution >= 0.6 is 11.3 Å². The molecule has 1 saturated heterocycles. The number of rotatable bonds is 3. The van der Waals surface area contributed by atoms with E-state index in [4.69, 9.17) is 0 Å². The second-order valence-corrected chi connectivity index (χ2v) is 7.11. The van der Waals surface area contributed by atoms with Crippen LogP contribution in [0.4, 0.5) is 0 Å². The molecule has 2 amide bonds. The maximum absolute atomic E-state index is 12.9. The summed E-state index contributed by atoms with van der Waals surface area (Å²) in [6, 6.07) is 1.74. The number of carbonyl (C=O) groups excluding carboxylic acids is 2. The first kappa shape index (κ1) is 14.6. The van der Waals surface area contributed by atoms with Crippen molar-refractivity contribution >= 4 is 23.2 Å². The smallest absolute Gasteiger partial charge is 0.249 e. The van der Waals surface area contributed by atoms with Gasteiger partial charge in [-0.05, 0) is 43.2 Å². The predicted octanol–water partition coefficient (Wildman–Crippen LogP) is 2.47. The Hall–Kier alpha value is -1.36. The van der Waals surface area contributed by atoms with Crippen molar-refractivity contribution in [1.29, 1.82) is 0 Å². The van der Waals surface area contributed by atoms with Crippen LogP contribution in [0.5, 0.6) is 0 Å². The van der Waals surface area contributed by atoms with E-state index < -0.39 is 5.54 Å². The van der Waals surface area contributed by atoms with Gasteiger partial charge < -0.3 is 10.2 Å². The molecule has 4 nitrogen and oxygen atoms in total. The van der Waals surface area contributed by atoms with Crippen LogP contribution in [0.1, 0.15) is 50.0 Å². The van der Waals surface area contributed by atoms with Gasteiger partial charge in [0.25, 0.3) is 0 Å². The van der Waals surface area contributed by atoms with Gasteiger partial charge in [0.05, 0.1) is 6.54 Å². The van der Waals surface area contributed by atoms with Crippen LogP contribution in [-0.2, 0) is 22.6 Å². The van der Waals surface area contributed by atoms with Gasteiger partial charge >= 0.3 is 0 Å². The van der Waals surface area contributed by atoms with E-state index in [0.29, 0.717) is 6.54 Å². The zero-order valence-corrected chi connectivity index (χ0v) is 13.5. The van der Waals surface area contributed by atoms with E-state index in [9.17, 15) is 9.59 Å². The van der Waals surface area contributed by atoms with Gasteiger partial charge in [0.2, 0.25) is 11.8 Å². The standard InChI is InChI=1S/C16H22N2O2S/c1-3-12-6-9-21-13(12)10-18-11(2)14(19)17-16(15(18)20)7-4-5-8-16/h6,9,11H,3-5,7-8,10H2,1-2H3,(H,17,19). The van der Waals surface area contributed by atoms with Crippen molar-refractivity contribution in [1.82, 2.24) is 10.2 Å². The van der Waals surface area contributed by atoms with E-state index >= 15 is 0 Å². The molecule has 1 aromatic heterocycles. The molecule has 1 N–H and O–H groups in total. The summed E-state index contributed by atoms with van der Waals surface area (Å²) in [5, 5.41) is 5.07. The fourth-order valence-corrected chi connectivity index (χ4v) is 4.46. The zero-order chi connectivity index (χ0) is 15.0. The largest absolute Gasteiger partial charge is 0.340 e. The Balaban J connectivity index is 1.88.